The predicted molar refractivity (Wildman–Crippen MR) is 75.3 cm³/mol. The first-order chi connectivity index (χ1) is 8.66. The van der Waals surface area contributed by atoms with Crippen molar-refractivity contribution in [3.63, 3.8) is 0 Å². The minimum atomic E-state index is -0.903. The summed E-state index contributed by atoms with van der Waals surface area (Å²) >= 11 is 3.39. The molecule has 1 aliphatic heterocycles. The average molecular weight is 313 g/mol. The standard InChI is InChI=1S/C13H17BrN2O2/c14-11-9-10(13(17)18)3-4-12(11)15-5-8-16-6-1-2-7-16/h3-4,9,15H,1-2,5-8H2,(H,17,18). The van der Waals surface area contributed by atoms with Crippen LogP contribution in [0.15, 0.2) is 22.7 Å². The van der Waals surface area contributed by atoms with Gasteiger partial charge in [0.25, 0.3) is 0 Å². The van der Waals surface area contributed by atoms with Crippen LogP contribution < -0.4 is 5.32 Å². The molecule has 0 amide bonds. The Morgan fingerprint density at radius 1 is 1.39 bits per heavy atom. The summed E-state index contributed by atoms with van der Waals surface area (Å²) in [5.74, 6) is -0.903. The van der Waals surface area contributed by atoms with Gasteiger partial charge in [-0.1, -0.05) is 0 Å². The molecule has 1 fully saturated rings. The van der Waals surface area contributed by atoms with Crippen LogP contribution in [0.3, 0.4) is 0 Å². The van der Waals surface area contributed by atoms with E-state index in [4.69, 9.17) is 5.11 Å². The molecular formula is C13H17BrN2O2. The quantitative estimate of drug-likeness (QED) is 0.877. The highest BCUT2D eigenvalue weighted by Gasteiger charge is 2.11. The van der Waals surface area contributed by atoms with Gasteiger partial charge in [-0.2, -0.15) is 0 Å². The maximum absolute atomic E-state index is 10.8. The Labute approximate surface area is 115 Å². The van der Waals surface area contributed by atoms with Crippen LogP contribution in [0.4, 0.5) is 5.69 Å². The van der Waals surface area contributed by atoms with E-state index in [1.54, 1.807) is 18.2 Å². The normalized spacial score (nSPS) is 15.8. The Hall–Kier alpha value is -1.07. The van der Waals surface area contributed by atoms with Gasteiger partial charge >= 0.3 is 5.97 Å². The molecule has 0 spiro atoms. The lowest BCUT2D eigenvalue weighted by molar-refractivity contribution is 0.0697. The number of aromatic carboxylic acids is 1. The van der Waals surface area contributed by atoms with E-state index in [2.05, 4.69) is 26.1 Å². The van der Waals surface area contributed by atoms with Gasteiger partial charge in [-0.15, -0.1) is 0 Å². The highest BCUT2D eigenvalue weighted by Crippen LogP contribution is 2.23. The van der Waals surface area contributed by atoms with E-state index in [0.717, 1.165) is 23.2 Å². The zero-order chi connectivity index (χ0) is 13.0. The molecule has 0 unspecified atom stereocenters. The molecule has 2 rings (SSSR count). The van der Waals surface area contributed by atoms with Gasteiger partial charge in [0.2, 0.25) is 0 Å². The average Bonchev–Trinajstić information content (AvgIpc) is 2.84. The van der Waals surface area contributed by atoms with Crippen molar-refractivity contribution in [3.8, 4) is 0 Å². The van der Waals surface area contributed by atoms with Gasteiger partial charge in [-0.05, 0) is 60.1 Å². The third kappa shape index (κ3) is 3.46. The Kier molecular flexibility index (Phi) is 4.60. The third-order valence-electron chi connectivity index (χ3n) is 3.16. The number of hydrogen-bond acceptors (Lipinski definition) is 3. The zero-order valence-corrected chi connectivity index (χ0v) is 11.7. The van der Waals surface area contributed by atoms with Crippen LogP contribution in [0.5, 0.6) is 0 Å². The molecule has 0 aromatic heterocycles. The van der Waals surface area contributed by atoms with Crippen molar-refractivity contribution in [2.24, 2.45) is 0 Å². The maximum Gasteiger partial charge on any atom is 0.335 e. The molecule has 0 saturated carbocycles. The number of carboxylic acid groups (broad SMARTS) is 1. The van der Waals surface area contributed by atoms with Crippen LogP contribution in [-0.4, -0.2) is 42.2 Å². The Morgan fingerprint density at radius 2 is 2.11 bits per heavy atom. The molecule has 2 N–H and O–H groups in total. The fourth-order valence-corrected chi connectivity index (χ4v) is 2.67. The van der Waals surface area contributed by atoms with Crippen molar-refractivity contribution >= 4 is 27.6 Å². The molecule has 1 saturated heterocycles. The lowest BCUT2D eigenvalue weighted by Crippen LogP contribution is -2.26. The first-order valence-corrected chi connectivity index (χ1v) is 6.95. The summed E-state index contributed by atoms with van der Waals surface area (Å²) in [6, 6.07) is 5.04. The molecule has 1 aromatic rings. The van der Waals surface area contributed by atoms with Crippen LogP contribution in [0.25, 0.3) is 0 Å². The third-order valence-corrected chi connectivity index (χ3v) is 3.81. The van der Waals surface area contributed by atoms with Crippen molar-refractivity contribution in [1.29, 1.82) is 0 Å². The van der Waals surface area contributed by atoms with E-state index in [1.807, 2.05) is 0 Å². The molecule has 0 atom stereocenters. The molecule has 0 bridgehead atoms. The fourth-order valence-electron chi connectivity index (χ4n) is 2.15. The van der Waals surface area contributed by atoms with Gasteiger partial charge in [0.05, 0.1) is 5.56 Å². The van der Waals surface area contributed by atoms with Crippen LogP contribution in [0, 0.1) is 0 Å². The van der Waals surface area contributed by atoms with Crippen LogP contribution in [0.2, 0.25) is 0 Å². The molecule has 4 nitrogen and oxygen atoms in total. The number of nitrogens with one attached hydrogen (secondary N) is 1. The van der Waals surface area contributed by atoms with E-state index in [0.29, 0.717) is 5.56 Å². The Balaban J connectivity index is 1.87. The van der Waals surface area contributed by atoms with Gasteiger partial charge in [-0.25, -0.2) is 4.79 Å². The lowest BCUT2D eigenvalue weighted by Gasteiger charge is -2.16. The highest BCUT2D eigenvalue weighted by molar-refractivity contribution is 9.10. The molecule has 1 aliphatic rings. The number of rotatable bonds is 5. The molecule has 18 heavy (non-hydrogen) atoms. The van der Waals surface area contributed by atoms with E-state index in [9.17, 15) is 4.79 Å². The van der Waals surface area contributed by atoms with Gasteiger partial charge < -0.3 is 15.3 Å². The number of likely N-dealkylation sites (tertiary alicyclic amines) is 1. The van der Waals surface area contributed by atoms with Crippen molar-refractivity contribution in [2.45, 2.75) is 12.8 Å². The number of benzene rings is 1. The van der Waals surface area contributed by atoms with Crippen LogP contribution in [-0.2, 0) is 0 Å². The van der Waals surface area contributed by atoms with Gasteiger partial charge in [0.15, 0.2) is 0 Å². The summed E-state index contributed by atoms with van der Waals surface area (Å²) in [5.41, 5.74) is 1.24. The largest absolute Gasteiger partial charge is 0.478 e. The van der Waals surface area contributed by atoms with Crippen molar-refractivity contribution in [2.75, 3.05) is 31.5 Å². The van der Waals surface area contributed by atoms with Crippen LogP contribution >= 0.6 is 15.9 Å². The molecule has 0 radical (unpaired) electrons. The molecule has 0 aliphatic carbocycles. The number of carboxylic acids is 1. The molecule has 98 valence electrons. The predicted octanol–water partition coefficient (Wildman–Crippen LogP) is 2.66. The number of anilines is 1. The number of nitrogens with zero attached hydrogens (tertiary/aromatic N) is 1. The second-order valence-corrected chi connectivity index (χ2v) is 5.33. The van der Waals surface area contributed by atoms with Crippen molar-refractivity contribution in [3.05, 3.63) is 28.2 Å². The smallest absolute Gasteiger partial charge is 0.335 e. The van der Waals surface area contributed by atoms with Crippen LogP contribution in [0.1, 0.15) is 23.2 Å². The first-order valence-electron chi connectivity index (χ1n) is 6.16. The van der Waals surface area contributed by atoms with Crippen molar-refractivity contribution in [1.82, 2.24) is 4.90 Å². The summed E-state index contributed by atoms with van der Waals surface area (Å²) < 4.78 is 0.795. The molecular weight excluding hydrogens is 296 g/mol. The van der Waals surface area contributed by atoms with E-state index in [-0.39, 0.29) is 0 Å². The fraction of sp³-hybridized carbons (Fsp3) is 0.462. The Morgan fingerprint density at radius 3 is 2.72 bits per heavy atom. The maximum atomic E-state index is 10.8. The monoisotopic (exact) mass is 312 g/mol. The first kappa shape index (κ1) is 13.4. The van der Waals surface area contributed by atoms with Gasteiger partial charge in [-0.3, -0.25) is 0 Å². The summed E-state index contributed by atoms with van der Waals surface area (Å²) in [6.07, 6.45) is 2.61. The lowest BCUT2D eigenvalue weighted by atomic mass is 10.2. The topological polar surface area (TPSA) is 52.6 Å². The molecule has 1 heterocycles. The van der Waals surface area contributed by atoms with E-state index < -0.39 is 5.97 Å². The van der Waals surface area contributed by atoms with Gasteiger partial charge in [0, 0.05) is 23.2 Å². The van der Waals surface area contributed by atoms with Crippen molar-refractivity contribution < 1.29 is 9.90 Å². The number of halogens is 1. The SMILES string of the molecule is O=C(O)c1ccc(NCCN2CCCC2)c(Br)c1. The summed E-state index contributed by atoms with van der Waals surface area (Å²) in [6.45, 7) is 4.31. The number of hydrogen-bond donors (Lipinski definition) is 2. The van der Waals surface area contributed by atoms with E-state index in [1.165, 1.54) is 25.9 Å². The second-order valence-electron chi connectivity index (χ2n) is 4.48. The molecule has 5 heteroatoms. The summed E-state index contributed by atoms with van der Waals surface area (Å²) in [7, 11) is 0. The highest BCUT2D eigenvalue weighted by atomic mass is 79.9. The second kappa shape index (κ2) is 6.20. The van der Waals surface area contributed by atoms with Gasteiger partial charge in [0.1, 0.15) is 0 Å². The number of carbonyl (C=O) groups is 1. The minimum Gasteiger partial charge on any atom is -0.478 e. The van der Waals surface area contributed by atoms with E-state index >= 15 is 0 Å². The Bertz CT molecular complexity index is 431. The molecule has 1 aromatic carbocycles. The summed E-state index contributed by atoms with van der Waals surface area (Å²) in [5, 5.41) is 12.2. The zero-order valence-electron chi connectivity index (χ0n) is 10.2. The minimum absolute atomic E-state index is 0.298. The summed E-state index contributed by atoms with van der Waals surface area (Å²) in [4.78, 5) is 13.2.